The molecule has 4 rings (SSSR count). The fourth-order valence-corrected chi connectivity index (χ4v) is 3.30. The summed E-state index contributed by atoms with van der Waals surface area (Å²) in [5.74, 6) is 1.07. The fraction of sp³-hybridized carbons (Fsp3) is 0.174. The van der Waals surface area contributed by atoms with Crippen LogP contribution in [0.1, 0.15) is 23.4 Å². The first-order valence-corrected chi connectivity index (χ1v) is 10.0. The monoisotopic (exact) mass is 420 g/mol. The highest BCUT2D eigenvalue weighted by Gasteiger charge is 2.11. The summed E-state index contributed by atoms with van der Waals surface area (Å²) in [6.45, 7) is 1.26. The van der Waals surface area contributed by atoms with Gasteiger partial charge in [-0.25, -0.2) is 9.97 Å². The summed E-state index contributed by atoms with van der Waals surface area (Å²) in [5.41, 5.74) is 3.02. The number of hydrogen-bond acceptors (Lipinski definition) is 4. The molecule has 152 valence electrons. The van der Waals surface area contributed by atoms with Crippen molar-refractivity contribution in [2.24, 2.45) is 0 Å². The average Bonchev–Trinajstić information content (AvgIpc) is 3.44. The SMILES string of the molecule is O=C(CCc1ncc(-c2ccccc2Cl)o1)NCc1ccc(Cn2ccnc2)cc1. The van der Waals surface area contributed by atoms with Gasteiger partial charge in [0.2, 0.25) is 5.91 Å². The highest BCUT2D eigenvalue weighted by atomic mass is 35.5. The number of benzene rings is 2. The number of imidazole rings is 1. The summed E-state index contributed by atoms with van der Waals surface area (Å²) in [6.07, 6.45) is 7.86. The van der Waals surface area contributed by atoms with Crippen LogP contribution in [0.4, 0.5) is 0 Å². The van der Waals surface area contributed by atoms with Crippen molar-refractivity contribution in [3.8, 4) is 11.3 Å². The van der Waals surface area contributed by atoms with Crippen molar-refractivity contribution < 1.29 is 9.21 Å². The second kappa shape index (κ2) is 9.41. The topological polar surface area (TPSA) is 73.0 Å². The van der Waals surface area contributed by atoms with Crippen molar-refractivity contribution in [2.75, 3.05) is 0 Å². The summed E-state index contributed by atoms with van der Waals surface area (Å²) >= 11 is 6.18. The van der Waals surface area contributed by atoms with Gasteiger partial charge >= 0.3 is 0 Å². The minimum absolute atomic E-state index is 0.0463. The third kappa shape index (κ3) is 5.15. The first-order chi connectivity index (χ1) is 14.7. The maximum absolute atomic E-state index is 12.2. The molecule has 0 aliphatic carbocycles. The lowest BCUT2D eigenvalue weighted by atomic mass is 10.1. The lowest BCUT2D eigenvalue weighted by Crippen LogP contribution is -2.23. The lowest BCUT2D eigenvalue weighted by molar-refractivity contribution is -0.121. The van der Waals surface area contributed by atoms with Gasteiger partial charge in [0, 0.05) is 43.9 Å². The third-order valence-corrected chi connectivity index (χ3v) is 5.03. The molecule has 0 atom stereocenters. The Morgan fingerprint density at radius 1 is 1.10 bits per heavy atom. The van der Waals surface area contributed by atoms with Gasteiger partial charge in [0.1, 0.15) is 0 Å². The first kappa shape index (κ1) is 19.9. The minimum Gasteiger partial charge on any atom is -0.441 e. The molecular formula is C23H21ClN4O2. The predicted octanol–water partition coefficient (Wildman–Crippen LogP) is 4.49. The molecule has 30 heavy (non-hydrogen) atoms. The van der Waals surface area contributed by atoms with E-state index in [1.165, 1.54) is 5.56 Å². The Kier molecular flexibility index (Phi) is 6.25. The van der Waals surface area contributed by atoms with E-state index in [1.807, 2.05) is 41.1 Å². The van der Waals surface area contributed by atoms with E-state index in [9.17, 15) is 4.79 Å². The number of rotatable bonds is 8. The summed E-state index contributed by atoms with van der Waals surface area (Å²) in [4.78, 5) is 20.5. The summed E-state index contributed by atoms with van der Waals surface area (Å²) in [5, 5.41) is 3.54. The minimum atomic E-state index is -0.0463. The summed E-state index contributed by atoms with van der Waals surface area (Å²) < 4.78 is 7.75. The van der Waals surface area contributed by atoms with E-state index >= 15 is 0 Å². The molecule has 4 aromatic rings. The molecule has 0 unspecified atom stereocenters. The first-order valence-electron chi connectivity index (χ1n) is 9.67. The number of halogens is 1. The van der Waals surface area contributed by atoms with E-state index < -0.39 is 0 Å². The number of nitrogens with zero attached hydrogens (tertiary/aromatic N) is 3. The predicted molar refractivity (Wildman–Crippen MR) is 115 cm³/mol. The number of aromatic nitrogens is 3. The molecule has 0 aliphatic rings. The normalized spacial score (nSPS) is 10.8. The lowest BCUT2D eigenvalue weighted by Gasteiger charge is -2.07. The van der Waals surface area contributed by atoms with Crippen LogP contribution in [0.15, 0.2) is 77.9 Å². The molecule has 0 aliphatic heterocycles. The maximum Gasteiger partial charge on any atom is 0.220 e. The van der Waals surface area contributed by atoms with Crippen LogP contribution < -0.4 is 5.32 Å². The van der Waals surface area contributed by atoms with E-state index in [2.05, 4.69) is 27.4 Å². The van der Waals surface area contributed by atoms with E-state index in [0.29, 0.717) is 36.1 Å². The Hall–Kier alpha value is -3.38. The number of carbonyl (C=O) groups is 1. The standard InChI is InChI=1S/C23H21ClN4O2/c24-20-4-2-1-3-19(20)21-14-27-23(30-21)10-9-22(29)26-13-17-5-7-18(8-6-17)15-28-12-11-25-16-28/h1-8,11-12,14,16H,9-10,13,15H2,(H,26,29). The van der Waals surface area contributed by atoms with Gasteiger partial charge in [-0.1, -0.05) is 48.0 Å². The van der Waals surface area contributed by atoms with Gasteiger partial charge in [0.15, 0.2) is 11.7 Å². The zero-order valence-electron chi connectivity index (χ0n) is 16.3. The van der Waals surface area contributed by atoms with Gasteiger partial charge in [-0.2, -0.15) is 0 Å². The number of carbonyl (C=O) groups excluding carboxylic acids is 1. The van der Waals surface area contributed by atoms with Crippen LogP contribution >= 0.6 is 11.6 Å². The largest absolute Gasteiger partial charge is 0.441 e. The van der Waals surface area contributed by atoms with Crippen LogP contribution in [0.2, 0.25) is 5.02 Å². The second-order valence-corrected chi connectivity index (χ2v) is 7.33. The molecule has 0 radical (unpaired) electrons. The molecule has 6 nitrogen and oxygen atoms in total. The highest BCUT2D eigenvalue weighted by Crippen LogP contribution is 2.28. The van der Waals surface area contributed by atoms with E-state index in [-0.39, 0.29) is 5.91 Å². The van der Waals surface area contributed by atoms with Crippen LogP contribution in [-0.2, 0) is 24.3 Å². The summed E-state index contributed by atoms with van der Waals surface area (Å²) in [7, 11) is 0. The zero-order chi connectivity index (χ0) is 20.8. The fourth-order valence-electron chi connectivity index (χ4n) is 3.07. The number of amides is 1. The van der Waals surface area contributed by atoms with Gasteiger partial charge < -0.3 is 14.3 Å². The van der Waals surface area contributed by atoms with Crippen molar-refractivity contribution in [1.82, 2.24) is 19.9 Å². The number of nitrogens with one attached hydrogen (secondary N) is 1. The summed E-state index contributed by atoms with van der Waals surface area (Å²) in [6, 6.07) is 15.6. The van der Waals surface area contributed by atoms with Crippen LogP contribution in [0, 0.1) is 0 Å². The molecule has 1 N–H and O–H groups in total. The zero-order valence-corrected chi connectivity index (χ0v) is 17.0. The molecule has 0 bridgehead atoms. The Balaban J connectivity index is 1.24. The molecule has 2 aromatic carbocycles. The van der Waals surface area contributed by atoms with Gasteiger partial charge in [-0.05, 0) is 23.3 Å². The molecular weight excluding hydrogens is 400 g/mol. The Labute approximate surface area is 179 Å². The average molecular weight is 421 g/mol. The van der Waals surface area contributed by atoms with Gasteiger partial charge in [-0.15, -0.1) is 0 Å². The Morgan fingerprint density at radius 3 is 2.67 bits per heavy atom. The molecule has 0 saturated carbocycles. The van der Waals surface area contributed by atoms with E-state index in [0.717, 1.165) is 17.7 Å². The van der Waals surface area contributed by atoms with Gasteiger partial charge in [-0.3, -0.25) is 4.79 Å². The van der Waals surface area contributed by atoms with Crippen LogP contribution in [0.3, 0.4) is 0 Å². The van der Waals surface area contributed by atoms with Crippen molar-refractivity contribution in [3.05, 3.63) is 95.5 Å². The van der Waals surface area contributed by atoms with E-state index in [1.54, 1.807) is 24.8 Å². The van der Waals surface area contributed by atoms with Crippen molar-refractivity contribution in [1.29, 1.82) is 0 Å². The second-order valence-electron chi connectivity index (χ2n) is 6.93. The number of hydrogen-bond donors (Lipinski definition) is 1. The molecule has 2 aromatic heterocycles. The number of aryl methyl sites for hydroxylation is 1. The van der Waals surface area contributed by atoms with Crippen LogP contribution in [0.5, 0.6) is 0 Å². The molecule has 0 fully saturated rings. The quantitative estimate of drug-likeness (QED) is 0.456. The molecule has 0 spiro atoms. The van der Waals surface area contributed by atoms with Crippen molar-refractivity contribution in [3.63, 3.8) is 0 Å². The highest BCUT2D eigenvalue weighted by molar-refractivity contribution is 6.33. The molecule has 0 saturated heterocycles. The van der Waals surface area contributed by atoms with E-state index in [4.69, 9.17) is 16.0 Å². The van der Waals surface area contributed by atoms with Gasteiger partial charge in [0.25, 0.3) is 0 Å². The number of oxazole rings is 1. The Morgan fingerprint density at radius 2 is 1.90 bits per heavy atom. The molecule has 1 amide bonds. The van der Waals surface area contributed by atoms with Crippen molar-refractivity contribution in [2.45, 2.75) is 25.9 Å². The molecule has 2 heterocycles. The van der Waals surface area contributed by atoms with Crippen LogP contribution in [-0.4, -0.2) is 20.4 Å². The Bertz CT molecular complexity index is 1100. The van der Waals surface area contributed by atoms with Crippen LogP contribution in [0.25, 0.3) is 11.3 Å². The van der Waals surface area contributed by atoms with Crippen molar-refractivity contribution >= 4 is 17.5 Å². The smallest absolute Gasteiger partial charge is 0.220 e. The molecule has 7 heteroatoms. The van der Waals surface area contributed by atoms with Gasteiger partial charge in [0.05, 0.1) is 17.5 Å². The maximum atomic E-state index is 12.2. The third-order valence-electron chi connectivity index (χ3n) is 4.70.